The summed E-state index contributed by atoms with van der Waals surface area (Å²) < 4.78 is 0. The van der Waals surface area contributed by atoms with Gasteiger partial charge in [-0.3, -0.25) is 9.59 Å². The van der Waals surface area contributed by atoms with Crippen molar-refractivity contribution in [2.75, 3.05) is 13.1 Å². The number of amides is 2. The molecule has 0 aromatic rings. The van der Waals surface area contributed by atoms with Crippen LogP contribution in [0.15, 0.2) is 0 Å². The van der Waals surface area contributed by atoms with E-state index in [1.807, 2.05) is 0 Å². The molecule has 0 atom stereocenters. The van der Waals surface area contributed by atoms with Crippen molar-refractivity contribution in [3.05, 3.63) is 0 Å². The fraction of sp³-hybridized carbons (Fsp3) is 0.769. The third-order valence-corrected chi connectivity index (χ3v) is 2.51. The summed E-state index contributed by atoms with van der Waals surface area (Å²) in [5.41, 5.74) is 0. The molecule has 0 aliphatic rings. The van der Waals surface area contributed by atoms with Crippen LogP contribution in [-0.4, -0.2) is 31.2 Å². The second kappa shape index (κ2) is 10.7. The Labute approximate surface area is 109 Å². The van der Waals surface area contributed by atoms with Crippen LogP contribution in [0.5, 0.6) is 0 Å². The zero-order valence-corrected chi connectivity index (χ0v) is 11.3. The van der Waals surface area contributed by atoms with Crippen molar-refractivity contribution in [1.29, 1.82) is 0 Å². The summed E-state index contributed by atoms with van der Waals surface area (Å²) in [5, 5.41) is 4.88. The van der Waals surface area contributed by atoms with E-state index in [2.05, 4.69) is 24.5 Å². The molecule has 5 nitrogen and oxygen atoms in total. The third-order valence-electron chi connectivity index (χ3n) is 2.51. The van der Waals surface area contributed by atoms with Crippen molar-refractivity contribution >= 4 is 18.1 Å². The van der Waals surface area contributed by atoms with Crippen LogP contribution < -0.4 is 10.6 Å². The topological polar surface area (TPSA) is 75.3 Å². The number of hydrogen-bond donors (Lipinski definition) is 2. The molecular formula is C13H24N2O3. The molecule has 5 heteroatoms. The normalized spacial score (nSPS) is 10.2. The van der Waals surface area contributed by atoms with E-state index >= 15 is 0 Å². The Hall–Kier alpha value is -1.39. The molecule has 0 aromatic carbocycles. The van der Waals surface area contributed by atoms with E-state index in [1.54, 1.807) is 0 Å². The van der Waals surface area contributed by atoms with E-state index in [1.165, 1.54) is 6.42 Å². The van der Waals surface area contributed by atoms with E-state index in [-0.39, 0.29) is 24.9 Å². The lowest BCUT2D eigenvalue weighted by atomic mass is 10.0. The monoisotopic (exact) mass is 256 g/mol. The minimum atomic E-state index is -0.338. The summed E-state index contributed by atoms with van der Waals surface area (Å²) in [7, 11) is 0. The molecule has 0 unspecified atom stereocenters. The molecule has 2 N–H and O–H groups in total. The standard InChI is InChI=1S/C13H24N2O3/c1-11(2)6-4-3-5-7-12(17)15-10-13(18)14-8-9-16/h9,11H,3-8,10H2,1-2H3,(H,14,18)(H,15,17). The highest BCUT2D eigenvalue weighted by Gasteiger charge is 2.04. The zero-order valence-electron chi connectivity index (χ0n) is 11.3. The van der Waals surface area contributed by atoms with Crippen molar-refractivity contribution in [3.63, 3.8) is 0 Å². The molecule has 0 radical (unpaired) electrons. The Balaban J connectivity index is 3.42. The fourth-order valence-corrected chi connectivity index (χ4v) is 1.50. The Morgan fingerprint density at radius 2 is 1.78 bits per heavy atom. The Bertz CT molecular complexity index is 265. The van der Waals surface area contributed by atoms with Crippen molar-refractivity contribution in [2.45, 2.75) is 46.0 Å². The number of aldehydes is 1. The van der Waals surface area contributed by atoms with Gasteiger partial charge in [-0.1, -0.05) is 33.1 Å². The second-order valence-corrected chi connectivity index (χ2v) is 4.74. The Morgan fingerprint density at radius 3 is 2.39 bits per heavy atom. The van der Waals surface area contributed by atoms with Crippen LogP contribution in [0.25, 0.3) is 0 Å². The minimum absolute atomic E-state index is 0.0100. The molecule has 2 amide bonds. The maximum Gasteiger partial charge on any atom is 0.239 e. The summed E-state index contributed by atoms with van der Waals surface area (Å²) in [4.78, 5) is 32.4. The first-order chi connectivity index (χ1) is 8.56. The number of carbonyl (C=O) groups excluding carboxylic acids is 3. The number of nitrogens with one attached hydrogen (secondary N) is 2. The van der Waals surface area contributed by atoms with Gasteiger partial charge in [0.2, 0.25) is 11.8 Å². The minimum Gasteiger partial charge on any atom is -0.348 e. The number of unbranched alkanes of at least 4 members (excludes halogenated alkanes) is 2. The van der Waals surface area contributed by atoms with Crippen LogP contribution in [-0.2, 0) is 14.4 Å². The number of carbonyl (C=O) groups is 3. The van der Waals surface area contributed by atoms with E-state index in [4.69, 9.17) is 0 Å². The summed E-state index contributed by atoms with van der Waals surface area (Å²) >= 11 is 0. The maximum absolute atomic E-state index is 11.4. The third kappa shape index (κ3) is 11.1. The van der Waals surface area contributed by atoms with E-state index < -0.39 is 0 Å². The zero-order chi connectivity index (χ0) is 13.8. The Kier molecular flexibility index (Phi) is 9.91. The van der Waals surface area contributed by atoms with Gasteiger partial charge in [0.15, 0.2) is 0 Å². The van der Waals surface area contributed by atoms with Gasteiger partial charge >= 0.3 is 0 Å². The Morgan fingerprint density at radius 1 is 1.06 bits per heavy atom. The van der Waals surface area contributed by atoms with Crippen LogP contribution in [0, 0.1) is 5.92 Å². The predicted octanol–water partition coefficient (Wildman–Crippen LogP) is 1.02. The molecule has 104 valence electrons. The van der Waals surface area contributed by atoms with Gasteiger partial charge in [0.1, 0.15) is 6.29 Å². The second-order valence-electron chi connectivity index (χ2n) is 4.74. The van der Waals surface area contributed by atoms with E-state index in [0.29, 0.717) is 18.6 Å². The average Bonchev–Trinajstić information content (AvgIpc) is 2.33. The average molecular weight is 256 g/mol. The molecule has 0 aromatic heterocycles. The van der Waals surface area contributed by atoms with Gasteiger partial charge in [0, 0.05) is 6.42 Å². The molecular weight excluding hydrogens is 232 g/mol. The summed E-state index contributed by atoms with van der Waals surface area (Å²) in [5.74, 6) is 0.261. The lowest BCUT2D eigenvalue weighted by Crippen LogP contribution is -2.37. The molecule has 0 bridgehead atoms. The molecule has 18 heavy (non-hydrogen) atoms. The van der Waals surface area contributed by atoms with Gasteiger partial charge in [-0.15, -0.1) is 0 Å². The van der Waals surface area contributed by atoms with Gasteiger partial charge in [0.25, 0.3) is 0 Å². The largest absolute Gasteiger partial charge is 0.348 e. The lowest BCUT2D eigenvalue weighted by Gasteiger charge is -2.06. The van der Waals surface area contributed by atoms with Gasteiger partial charge in [-0.05, 0) is 12.3 Å². The smallest absolute Gasteiger partial charge is 0.239 e. The van der Waals surface area contributed by atoms with Gasteiger partial charge < -0.3 is 15.4 Å². The van der Waals surface area contributed by atoms with E-state index in [9.17, 15) is 14.4 Å². The van der Waals surface area contributed by atoms with Crippen molar-refractivity contribution < 1.29 is 14.4 Å². The maximum atomic E-state index is 11.4. The first kappa shape index (κ1) is 16.6. The first-order valence-electron chi connectivity index (χ1n) is 6.53. The van der Waals surface area contributed by atoms with Crippen LogP contribution in [0.3, 0.4) is 0 Å². The molecule has 0 aliphatic heterocycles. The van der Waals surface area contributed by atoms with Gasteiger partial charge in [0.05, 0.1) is 13.1 Å². The molecule has 0 aliphatic carbocycles. The van der Waals surface area contributed by atoms with Crippen molar-refractivity contribution in [3.8, 4) is 0 Å². The van der Waals surface area contributed by atoms with Crippen LogP contribution in [0.4, 0.5) is 0 Å². The van der Waals surface area contributed by atoms with Gasteiger partial charge in [-0.2, -0.15) is 0 Å². The number of rotatable bonds is 10. The molecule has 0 fully saturated rings. The highest BCUT2D eigenvalue weighted by molar-refractivity contribution is 5.85. The predicted molar refractivity (Wildman–Crippen MR) is 70.0 cm³/mol. The molecule has 0 rings (SSSR count). The van der Waals surface area contributed by atoms with Crippen LogP contribution >= 0.6 is 0 Å². The number of hydrogen-bond acceptors (Lipinski definition) is 3. The van der Waals surface area contributed by atoms with Crippen LogP contribution in [0.1, 0.15) is 46.0 Å². The van der Waals surface area contributed by atoms with Crippen molar-refractivity contribution in [2.24, 2.45) is 5.92 Å². The van der Waals surface area contributed by atoms with Crippen LogP contribution in [0.2, 0.25) is 0 Å². The molecule has 0 heterocycles. The molecule has 0 spiro atoms. The van der Waals surface area contributed by atoms with E-state index in [0.717, 1.165) is 19.3 Å². The molecule has 0 saturated carbocycles. The van der Waals surface area contributed by atoms with Gasteiger partial charge in [-0.25, -0.2) is 0 Å². The molecule has 0 saturated heterocycles. The fourth-order valence-electron chi connectivity index (χ4n) is 1.50. The van der Waals surface area contributed by atoms with Crippen molar-refractivity contribution in [1.82, 2.24) is 10.6 Å². The summed E-state index contributed by atoms with van der Waals surface area (Å²) in [6, 6.07) is 0. The summed E-state index contributed by atoms with van der Waals surface area (Å²) in [6.45, 7) is 4.30. The quantitative estimate of drug-likeness (QED) is 0.453. The SMILES string of the molecule is CC(C)CCCCCC(=O)NCC(=O)NCC=O. The summed E-state index contributed by atoms with van der Waals surface area (Å²) in [6.07, 6.45) is 5.30. The lowest BCUT2D eigenvalue weighted by molar-refractivity contribution is -0.126. The first-order valence-corrected chi connectivity index (χ1v) is 6.53. The highest BCUT2D eigenvalue weighted by atomic mass is 16.2. The highest BCUT2D eigenvalue weighted by Crippen LogP contribution is 2.09.